The van der Waals surface area contributed by atoms with E-state index in [4.69, 9.17) is 15.7 Å². The summed E-state index contributed by atoms with van der Waals surface area (Å²) in [4.78, 5) is 37.5. The van der Waals surface area contributed by atoms with Gasteiger partial charge < -0.3 is 26.0 Å². The van der Waals surface area contributed by atoms with E-state index in [9.17, 15) is 14.9 Å². The lowest BCUT2D eigenvalue weighted by atomic mass is 10.1. The monoisotopic (exact) mass is 491 g/mol. The van der Waals surface area contributed by atoms with Crippen LogP contribution in [0.2, 0.25) is 0 Å². The summed E-state index contributed by atoms with van der Waals surface area (Å²) < 4.78 is 5.36. The number of carbonyl (C=O) groups excluding carboxylic acids is 1. The zero-order valence-electron chi connectivity index (χ0n) is 19.8. The first-order valence-corrected chi connectivity index (χ1v) is 10.9. The van der Waals surface area contributed by atoms with E-state index >= 15 is 0 Å². The molecule has 0 amide bonds. The van der Waals surface area contributed by atoms with Gasteiger partial charge in [-0.1, -0.05) is 12.1 Å². The molecule has 2 aromatic heterocycles. The molecule has 0 aliphatic heterocycles. The number of nitrogens with one attached hydrogen (secondary N) is 2. The molecule has 13 heteroatoms. The van der Waals surface area contributed by atoms with Crippen molar-refractivity contribution < 1.29 is 14.5 Å². The molecule has 0 aliphatic carbocycles. The van der Waals surface area contributed by atoms with Crippen molar-refractivity contribution in [2.45, 2.75) is 0 Å². The average molecular weight is 492 g/mol. The number of anilines is 3. The lowest BCUT2D eigenvalue weighted by Gasteiger charge is -2.13. The molecule has 3 rings (SSSR count). The number of pyridine rings is 1. The van der Waals surface area contributed by atoms with Crippen molar-refractivity contribution >= 4 is 29.2 Å². The maximum absolute atomic E-state index is 12.7. The van der Waals surface area contributed by atoms with E-state index in [1.54, 1.807) is 24.3 Å². The van der Waals surface area contributed by atoms with Crippen LogP contribution in [0, 0.1) is 21.4 Å². The van der Waals surface area contributed by atoms with Crippen LogP contribution in [-0.4, -0.2) is 71.1 Å². The predicted octanol–water partition coefficient (Wildman–Crippen LogP) is 2.14. The number of nitrogens with two attached hydrogens (primary N) is 1. The molecular formula is C23H25N9O4. The number of hydrogen-bond acceptors (Lipinski definition) is 12. The maximum Gasteiger partial charge on any atom is 0.341 e. The molecule has 0 radical (unpaired) electrons. The van der Waals surface area contributed by atoms with Crippen molar-refractivity contribution in [2.24, 2.45) is 0 Å². The smallest absolute Gasteiger partial charge is 0.341 e. The Morgan fingerprint density at radius 3 is 2.53 bits per heavy atom. The highest BCUT2D eigenvalue weighted by molar-refractivity contribution is 5.96. The molecule has 36 heavy (non-hydrogen) atoms. The summed E-state index contributed by atoms with van der Waals surface area (Å²) in [5.41, 5.74) is 7.02. The number of esters is 1. The van der Waals surface area contributed by atoms with E-state index in [0.717, 1.165) is 0 Å². The third-order valence-corrected chi connectivity index (χ3v) is 4.88. The van der Waals surface area contributed by atoms with Crippen molar-refractivity contribution in [3.05, 3.63) is 63.8 Å². The summed E-state index contributed by atoms with van der Waals surface area (Å²) in [6.07, 6.45) is 1.40. The number of ether oxygens (including phenoxy) is 1. The molecule has 0 bridgehead atoms. The van der Waals surface area contributed by atoms with E-state index in [2.05, 4.69) is 31.7 Å². The van der Waals surface area contributed by atoms with Crippen molar-refractivity contribution in [1.82, 2.24) is 19.9 Å². The minimum absolute atomic E-state index is 0.179. The zero-order chi connectivity index (χ0) is 26.1. The van der Waals surface area contributed by atoms with Gasteiger partial charge in [-0.3, -0.25) is 10.1 Å². The lowest BCUT2D eigenvalue weighted by Crippen LogP contribution is -2.21. The second-order valence-electron chi connectivity index (χ2n) is 7.80. The van der Waals surface area contributed by atoms with Gasteiger partial charge in [0.2, 0.25) is 11.8 Å². The summed E-state index contributed by atoms with van der Waals surface area (Å²) in [5.74, 6) is -0.0697. The third-order valence-electron chi connectivity index (χ3n) is 4.88. The van der Waals surface area contributed by atoms with E-state index in [1.807, 2.05) is 19.0 Å². The molecule has 3 aromatic rings. The number of nitro groups is 1. The highest BCUT2D eigenvalue weighted by Crippen LogP contribution is 2.24. The van der Waals surface area contributed by atoms with E-state index in [0.29, 0.717) is 42.3 Å². The molecule has 0 fully saturated rings. The first-order chi connectivity index (χ1) is 17.3. The molecule has 4 N–H and O–H groups in total. The highest BCUT2D eigenvalue weighted by Gasteiger charge is 2.18. The second kappa shape index (κ2) is 12.0. The van der Waals surface area contributed by atoms with Crippen molar-refractivity contribution in [3.8, 4) is 17.3 Å². The van der Waals surface area contributed by atoms with Crippen LogP contribution in [0.4, 0.5) is 23.3 Å². The highest BCUT2D eigenvalue weighted by atomic mass is 16.6. The number of benzene rings is 1. The Bertz CT molecular complexity index is 1270. The van der Waals surface area contributed by atoms with Crippen LogP contribution in [0.5, 0.6) is 0 Å². The summed E-state index contributed by atoms with van der Waals surface area (Å²) in [5, 5.41) is 26.0. The third kappa shape index (κ3) is 6.84. The summed E-state index contributed by atoms with van der Waals surface area (Å²) in [6, 6.07) is 11.5. The molecular weight excluding hydrogens is 466 g/mol. The molecule has 13 nitrogen and oxygen atoms in total. The number of nitriles is 1. The first-order valence-electron chi connectivity index (χ1n) is 10.9. The van der Waals surface area contributed by atoms with Crippen LogP contribution in [0.3, 0.4) is 0 Å². The predicted molar refractivity (Wildman–Crippen MR) is 133 cm³/mol. The SMILES string of the molecule is CN(C)CCOC(=O)c1cnc(NCCNc2ccc([N+](=O)[O-])c(N)n2)nc1-c1ccc(C#N)cc1. The van der Waals surface area contributed by atoms with Gasteiger partial charge in [0.15, 0.2) is 0 Å². The van der Waals surface area contributed by atoms with Gasteiger partial charge in [-0.15, -0.1) is 0 Å². The van der Waals surface area contributed by atoms with Crippen LogP contribution in [0.1, 0.15) is 15.9 Å². The van der Waals surface area contributed by atoms with Crippen molar-refractivity contribution in [2.75, 3.05) is 56.7 Å². The number of aromatic nitrogens is 3. The Balaban J connectivity index is 1.71. The number of carbonyl (C=O) groups is 1. The number of nitrogen functional groups attached to an aromatic ring is 1. The van der Waals surface area contributed by atoms with Crippen LogP contribution >= 0.6 is 0 Å². The van der Waals surface area contributed by atoms with Gasteiger partial charge in [0.25, 0.3) is 0 Å². The lowest BCUT2D eigenvalue weighted by molar-refractivity contribution is -0.384. The zero-order valence-corrected chi connectivity index (χ0v) is 19.8. The number of rotatable bonds is 11. The Morgan fingerprint density at radius 1 is 1.17 bits per heavy atom. The van der Waals surface area contributed by atoms with Crippen LogP contribution in [0.15, 0.2) is 42.6 Å². The Morgan fingerprint density at radius 2 is 1.89 bits per heavy atom. The Hall–Kier alpha value is -4.83. The topological polar surface area (TPSA) is 185 Å². The van der Waals surface area contributed by atoms with Crippen LogP contribution in [0.25, 0.3) is 11.3 Å². The van der Waals surface area contributed by atoms with Gasteiger partial charge in [0.1, 0.15) is 18.0 Å². The quantitative estimate of drug-likeness (QED) is 0.154. The standard InChI is InChI=1S/C23H25N9O4/c1-31(2)11-12-36-22(33)17-14-28-23(30-20(17)16-5-3-15(13-24)4-6-16)27-10-9-26-19-8-7-18(32(34)35)21(25)29-19/h3-8,14H,9-12H2,1-2H3,(H3,25,26,29)(H,27,28,30). The van der Waals surface area contributed by atoms with E-state index in [1.165, 1.54) is 18.3 Å². The number of likely N-dealkylation sites (N-methyl/N-ethyl adjacent to an activating group) is 1. The van der Waals surface area contributed by atoms with Gasteiger partial charge in [0.05, 0.1) is 22.2 Å². The fraction of sp³-hybridized carbons (Fsp3) is 0.261. The van der Waals surface area contributed by atoms with Crippen LogP contribution < -0.4 is 16.4 Å². The molecule has 0 atom stereocenters. The Labute approximate surface area is 207 Å². The summed E-state index contributed by atoms with van der Waals surface area (Å²) in [7, 11) is 3.75. The molecule has 1 aromatic carbocycles. The molecule has 2 heterocycles. The summed E-state index contributed by atoms with van der Waals surface area (Å²) >= 11 is 0. The molecule has 0 saturated carbocycles. The molecule has 0 aliphatic rings. The largest absolute Gasteiger partial charge is 0.461 e. The van der Waals surface area contributed by atoms with Gasteiger partial charge in [-0.2, -0.15) is 5.26 Å². The molecule has 0 saturated heterocycles. The number of nitrogens with zero attached hydrogens (tertiary/aromatic N) is 6. The normalized spacial score (nSPS) is 10.5. The summed E-state index contributed by atoms with van der Waals surface area (Å²) in [6.45, 7) is 1.54. The molecule has 186 valence electrons. The van der Waals surface area contributed by atoms with E-state index in [-0.39, 0.29) is 29.6 Å². The van der Waals surface area contributed by atoms with Gasteiger partial charge >= 0.3 is 11.7 Å². The van der Waals surface area contributed by atoms with Crippen molar-refractivity contribution in [1.29, 1.82) is 5.26 Å². The van der Waals surface area contributed by atoms with Gasteiger partial charge in [0, 0.05) is 37.5 Å². The average Bonchev–Trinajstić information content (AvgIpc) is 2.86. The number of hydrogen-bond donors (Lipinski definition) is 3. The minimum Gasteiger partial charge on any atom is -0.461 e. The second-order valence-corrected chi connectivity index (χ2v) is 7.80. The minimum atomic E-state index is -0.599. The van der Waals surface area contributed by atoms with Gasteiger partial charge in [-0.05, 0) is 32.3 Å². The van der Waals surface area contributed by atoms with E-state index < -0.39 is 10.9 Å². The molecule has 0 unspecified atom stereocenters. The maximum atomic E-state index is 12.7. The first kappa shape index (κ1) is 25.8. The molecule has 0 spiro atoms. The fourth-order valence-electron chi connectivity index (χ4n) is 3.02. The van der Waals surface area contributed by atoms with Crippen LogP contribution in [-0.2, 0) is 4.74 Å². The van der Waals surface area contributed by atoms with Crippen molar-refractivity contribution in [3.63, 3.8) is 0 Å². The Kier molecular flexibility index (Phi) is 8.63. The van der Waals surface area contributed by atoms with Gasteiger partial charge in [-0.25, -0.2) is 19.7 Å². The fourth-order valence-corrected chi connectivity index (χ4v) is 3.02.